The minimum atomic E-state index is -0.156. The van der Waals surface area contributed by atoms with E-state index in [1.165, 1.54) is 0 Å². The van der Waals surface area contributed by atoms with Crippen molar-refractivity contribution >= 4 is 6.03 Å². The Balaban J connectivity index is 3.73. The Labute approximate surface area is 98.0 Å². The average Bonchev–Trinajstić information content (AvgIpc) is 2.28. The van der Waals surface area contributed by atoms with Crippen LogP contribution in [0.1, 0.15) is 19.8 Å². The molecule has 0 bridgehead atoms. The third-order valence-electron chi connectivity index (χ3n) is 1.95. The fourth-order valence-corrected chi connectivity index (χ4v) is 1.10. The fourth-order valence-electron chi connectivity index (χ4n) is 1.10. The molecular formula is C12H22N2O2. The molecule has 0 aromatic rings. The highest BCUT2D eigenvalue weighted by Gasteiger charge is 2.08. The number of ether oxygens (including phenoxy) is 1. The van der Waals surface area contributed by atoms with Gasteiger partial charge in [-0.1, -0.05) is 25.5 Å². The number of hydrogen-bond donors (Lipinski definition) is 1. The standard InChI is InChI=1S/C12H22N2O2/c1-4-7-10-16-11-13-12(15)14(8-5-2)9-6-3/h5-6H,2-4,7-11H2,1H3,(H,13,15). The Morgan fingerprint density at radius 2 is 2.00 bits per heavy atom. The number of carbonyl (C=O) groups excluding carboxylic acids is 1. The van der Waals surface area contributed by atoms with Gasteiger partial charge in [0, 0.05) is 19.7 Å². The minimum Gasteiger partial charge on any atom is -0.361 e. The van der Waals surface area contributed by atoms with Crippen molar-refractivity contribution in [2.75, 3.05) is 26.4 Å². The molecule has 0 saturated carbocycles. The molecule has 0 aromatic heterocycles. The van der Waals surface area contributed by atoms with E-state index in [-0.39, 0.29) is 12.8 Å². The Bertz CT molecular complexity index is 207. The third kappa shape index (κ3) is 7.06. The number of hydrogen-bond acceptors (Lipinski definition) is 2. The van der Waals surface area contributed by atoms with Crippen molar-refractivity contribution < 1.29 is 9.53 Å². The normalized spacial score (nSPS) is 9.56. The molecule has 0 saturated heterocycles. The van der Waals surface area contributed by atoms with Crippen molar-refractivity contribution in [2.24, 2.45) is 0 Å². The molecule has 0 atom stereocenters. The van der Waals surface area contributed by atoms with Crippen LogP contribution in [0.4, 0.5) is 4.79 Å². The van der Waals surface area contributed by atoms with Gasteiger partial charge >= 0.3 is 6.03 Å². The molecule has 0 aliphatic heterocycles. The molecule has 16 heavy (non-hydrogen) atoms. The second-order valence-corrected chi connectivity index (χ2v) is 3.37. The second kappa shape index (κ2) is 10.2. The van der Waals surface area contributed by atoms with Crippen molar-refractivity contribution in [3.05, 3.63) is 25.3 Å². The lowest BCUT2D eigenvalue weighted by atomic mass is 10.4. The maximum atomic E-state index is 11.6. The van der Waals surface area contributed by atoms with E-state index in [1.54, 1.807) is 17.1 Å². The first kappa shape index (κ1) is 14.7. The largest absolute Gasteiger partial charge is 0.361 e. The number of nitrogens with one attached hydrogen (secondary N) is 1. The Morgan fingerprint density at radius 1 is 1.38 bits per heavy atom. The van der Waals surface area contributed by atoms with Crippen LogP contribution in [0.5, 0.6) is 0 Å². The molecule has 0 aliphatic carbocycles. The average molecular weight is 226 g/mol. The van der Waals surface area contributed by atoms with Crippen molar-refractivity contribution in [1.82, 2.24) is 10.2 Å². The molecule has 1 N–H and O–H groups in total. The number of carbonyl (C=O) groups is 1. The van der Waals surface area contributed by atoms with Crippen LogP contribution in [0.2, 0.25) is 0 Å². The van der Waals surface area contributed by atoms with E-state index < -0.39 is 0 Å². The summed E-state index contributed by atoms with van der Waals surface area (Å²) < 4.78 is 5.24. The number of urea groups is 1. The van der Waals surface area contributed by atoms with Crippen LogP contribution in [0.15, 0.2) is 25.3 Å². The van der Waals surface area contributed by atoms with Gasteiger partial charge in [-0.3, -0.25) is 0 Å². The van der Waals surface area contributed by atoms with Crippen LogP contribution < -0.4 is 5.32 Å². The van der Waals surface area contributed by atoms with Gasteiger partial charge in [-0.15, -0.1) is 13.2 Å². The molecule has 4 nitrogen and oxygen atoms in total. The zero-order valence-corrected chi connectivity index (χ0v) is 10.1. The second-order valence-electron chi connectivity index (χ2n) is 3.37. The fraction of sp³-hybridized carbons (Fsp3) is 0.583. The van der Waals surface area contributed by atoms with Crippen molar-refractivity contribution in [3.63, 3.8) is 0 Å². The summed E-state index contributed by atoms with van der Waals surface area (Å²) in [6.45, 7) is 11.2. The Hall–Kier alpha value is -1.29. The van der Waals surface area contributed by atoms with Gasteiger partial charge in [0.2, 0.25) is 0 Å². The molecule has 0 heterocycles. The lowest BCUT2D eigenvalue weighted by Gasteiger charge is -2.19. The predicted octanol–water partition coefficient (Wildman–Crippen LogP) is 2.14. The smallest absolute Gasteiger partial charge is 0.319 e. The van der Waals surface area contributed by atoms with Crippen LogP contribution in [-0.2, 0) is 4.74 Å². The van der Waals surface area contributed by atoms with Gasteiger partial charge in [-0.25, -0.2) is 4.79 Å². The molecule has 0 spiro atoms. The zero-order valence-electron chi connectivity index (χ0n) is 10.1. The molecule has 0 aliphatic rings. The summed E-state index contributed by atoms with van der Waals surface area (Å²) >= 11 is 0. The molecular weight excluding hydrogens is 204 g/mol. The highest BCUT2D eigenvalue weighted by atomic mass is 16.5. The van der Waals surface area contributed by atoms with Crippen LogP contribution in [-0.4, -0.2) is 37.4 Å². The molecule has 4 heteroatoms. The van der Waals surface area contributed by atoms with E-state index in [4.69, 9.17) is 4.74 Å². The molecule has 0 aromatic carbocycles. The molecule has 92 valence electrons. The summed E-state index contributed by atoms with van der Waals surface area (Å²) in [6, 6.07) is -0.156. The van der Waals surface area contributed by atoms with E-state index in [2.05, 4.69) is 25.4 Å². The first-order valence-electron chi connectivity index (χ1n) is 5.58. The van der Waals surface area contributed by atoms with E-state index in [0.29, 0.717) is 19.7 Å². The van der Waals surface area contributed by atoms with Crippen molar-refractivity contribution in [3.8, 4) is 0 Å². The van der Waals surface area contributed by atoms with E-state index in [0.717, 1.165) is 12.8 Å². The van der Waals surface area contributed by atoms with Crippen LogP contribution >= 0.6 is 0 Å². The first-order chi connectivity index (χ1) is 7.76. The number of rotatable bonds is 9. The molecule has 0 rings (SSSR count). The summed E-state index contributed by atoms with van der Waals surface area (Å²) in [7, 11) is 0. The van der Waals surface area contributed by atoms with Gasteiger partial charge in [0.25, 0.3) is 0 Å². The Morgan fingerprint density at radius 3 is 2.50 bits per heavy atom. The maximum absolute atomic E-state index is 11.6. The van der Waals surface area contributed by atoms with Gasteiger partial charge in [-0.05, 0) is 6.42 Å². The molecule has 2 amide bonds. The lowest BCUT2D eigenvalue weighted by Crippen LogP contribution is -2.41. The number of unbranched alkanes of at least 4 members (excludes halogenated alkanes) is 1. The first-order valence-corrected chi connectivity index (χ1v) is 5.58. The topological polar surface area (TPSA) is 41.6 Å². The van der Waals surface area contributed by atoms with E-state index in [1.807, 2.05) is 0 Å². The highest BCUT2D eigenvalue weighted by molar-refractivity contribution is 5.74. The zero-order chi connectivity index (χ0) is 12.2. The summed E-state index contributed by atoms with van der Waals surface area (Å²) in [6.07, 6.45) is 5.47. The SMILES string of the molecule is C=CCN(CC=C)C(=O)NCOCCCC. The summed E-state index contributed by atoms with van der Waals surface area (Å²) in [5, 5.41) is 2.68. The lowest BCUT2D eigenvalue weighted by molar-refractivity contribution is 0.112. The van der Waals surface area contributed by atoms with Crippen LogP contribution in [0, 0.1) is 0 Å². The Kier molecular flexibility index (Phi) is 9.41. The minimum absolute atomic E-state index is 0.156. The monoisotopic (exact) mass is 226 g/mol. The number of nitrogens with zero attached hydrogens (tertiary/aromatic N) is 1. The van der Waals surface area contributed by atoms with Crippen molar-refractivity contribution in [2.45, 2.75) is 19.8 Å². The third-order valence-corrected chi connectivity index (χ3v) is 1.95. The molecule has 0 radical (unpaired) electrons. The van der Waals surface area contributed by atoms with E-state index >= 15 is 0 Å². The number of amides is 2. The predicted molar refractivity (Wildman–Crippen MR) is 66.2 cm³/mol. The van der Waals surface area contributed by atoms with Crippen LogP contribution in [0.3, 0.4) is 0 Å². The summed E-state index contributed by atoms with van der Waals surface area (Å²) in [5.74, 6) is 0. The van der Waals surface area contributed by atoms with Crippen LogP contribution in [0.25, 0.3) is 0 Å². The summed E-state index contributed by atoms with van der Waals surface area (Å²) in [4.78, 5) is 13.2. The van der Waals surface area contributed by atoms with Gasteiger partial charge in [0.1, 0.15) is 6.73 Å². The van der Waals surface area contributed by atoms with Gasteiger partial charge in [0.15, 0.2) is 0 Å². The highest BCUT2D eigenvalue weighted by Crippen LogP contribution is 1.91. The van der Waals surface area contributed by atoms with Gasteiger partial charge in [-0.2, -0.15) is 0 Å². The molecule has 0 fully saturated rings. The van der Waals surface area contributed by atoms with Crippen molar-refractivity contribution in [1.29, 1.82) is 0 Å². The summed E-state index contributed by atoms with van der Waals surface area (Å²) in [5.41, 5.74) is 0. The van der Waals surface area contributed by atoms with E-state index in [9.17, 15) is 4.79 Å². The maximum Gasteiger partial charge on any atom is 0.319 e. The van der Waals surface area contributed by atoms with Gasteiger partial charge < -0.3 is 15.0 Å². The quantitative estimate of drug-likeness (QED) is 0.372. The molecule has 0 unspecified atom stereocenters. The van der Waals surface area contributed by atoms with Gasteiger partial charge in [0.05, 0.1) is 0 Å².